The van der Waals surface area contributed by atoms with E-state index in [1.807, 2.05) is 31.2 Å². The number of esters is 1. The van der Waals surface area contributed by atoms with Crippen molar-refractivity contribution in [3.63, 3.8) is 0 Å². The monoisotopic (exact) mass is 249 g/mol. The molecule has 4 heteroatoms. The second-order valence-corrected chi connectivity index (χ2v) is 4.83. The minimum absolute atomic E-state index is 0.127. The molecule has 0 unspecified atom stereocenters. The predicted octanol–water partition coefficient (Wildman–Crippen LogP) is 2.13. The predicted molar refractivity (Wildman–Crippen MR) is 69.6 cm³/mol. The molecular formula is C14H19NO3. The Morgan fingerprint density at radius 2 is 1.89 bits per heavy atom. The molecule has 1 aromatic rings. The second kappa shape index (κ2) is 4.98. The van der Waals surface area contributed by atoms with Gasteiger partial charge in [-0.2, -0.15) is 0 Å². The Hall–Kier alpha value is -1.55. The molecule has 0 amide bonds. The summed E-state index contributed by atoms with van der Waals surface area (Å²) >= 11 is 0. The van der Waals surface area contributed by atoms with Gasteiger partial charge in [0, 0.05) is 25.6 Å². The fourth-order valence-electron chi connectivity index (χ4n) is 2.31. The summed E-state index contributed by atoms with van der Waals surface area (Å²) in [5, 5.41) is 3.28. The van der Waals surface area contributed by atoms with Crippen LogP contribution in [0.15, 0.2) is 24.3 Å². The van der Waals surface area contributed by atoms with E-state index in [1.165, 1.54) is 12.7 Å². The van der Waals surface area contributed by atoms with E-state index in [1.54, 1.807) is 7.11 Å². The molecule has 0 aliphatic heterocycles. The van der Waals surface area contributed by atoms with Crippen LogP contribution in [0.1, 0.15) is 18.4 Å². The number of carbonyl (C=O) groups excluding carboxylic acids is 1. The lowest BCUT2D eigenvalue weighted by molar-refractivity contribution is -0.154. The third-order valence-electron chi connectivity index (χ3n) is 3.50. The first-order valence-corrected chi connectivity index (χ1v) is 6.06. The zero-order chi connectivity index (χ0) is 13.2. The van der Waals surface area contributed by atoms with E-state index in [2.05, 4.69) is 5.32 Å². The summed E-state index contributed by atoms with van der Waals surface area (Å²) in [5.41, 5.74) is 1.49. The summed E-state index contributed by atoms with van der Waals surface area (Å²) in [6.45, 7) is 2.03. The number of hydrogen-bond acceptors (Lipinski definition) is 4. The van der Waals surface area contributed by atoms with Crippen LogP contribution in [0, 0.1) is 6.92 Å². The standard InChI is InChI=1S/C14H19NO3/c1-10-4-6-11(7-5-10)15-14(13(16)18-3)8-12(9-14)17-2/h4-7,12,15H,8-9H2,1-3H3. The Morgan fingerprint density at radius 3 is 2.39 bits per heavy atom. The third kappa shape index (κ3) is 2.34. The Kier molecular flexibility index (Phi) is 3.57. The molecule has 98 valence electrons. The number of methoxy groups -OCH3 is 2. The van der Waals surface area contributed by atoms with Crippen LogP contribution in [-0.2, 0) is 14.3 Å². The molecular weight excluding hydrogens is 230 g/mol. The molecule has 1 aliphatic carbocycles. The van der Waals surface area contributed by atoms with Gasteiger partial charge < -0.3 is 14.8 Å². The quantitative estimate of drug-likeness (QED) is 0.830. The first-order valence-electron chi connectivity index (χ1n) is 6.06. The summed E-state index contributed by atoms with van der Waals surface area (Å²) in [5.74, 6) is -0.226. The molecule has 1 saturated carbocycles. The lowest BCUT2D eigenvalue weighted by atomic mass is 9.74. The van der Waals surface area contributed by atoms with Crippen molar-refractivity contribution in [2.75, 3.05) is 19.5 Å². The average molecular weight is 249 g/mol. The Bertz CT molecular complexity index is 421. The maximum absolute atomic E-state index is 11.9. The van der Waals surface area contributed by atoms with E-state index in [4.69, 9.17) is 9.47 Å². The summed E-state index contributed by atoms with van der Waals surface area (Å²) in [6, 6.07) is 7.97. The summed E-state index contributed by atoms with van der Waals surface area (Å²) in [6.07, 6.45) is 1.41. The highest BCUT2D eigenvalue weighted by molar-refractivity contribution is 5.86. The number of aryl methyl sites for hydroxylation is 1. The number of rotatable bonds is 4. The molecule has 1 aromatic carbocycles. The van der Waals surface area contributed by atoms with Crippen LogP contribution in [0.2, 0.25) is 0 Å². The van der Waals surface area contributed by atoms with E-state index in [9.17, 15) is 4.79 Å². The van der Waals surface area contributed by atoms with Gasteiger partial charge in [0.05, 0.1) is 13.2 Å². The Morgan fingerprint density at radius 1 is 1.28 bits per heavy atom. The number of benzene rings is 1. The van der Waals surface area contributed by atoms with E-state index < -0.39 is 5.54 Å². The lowest BCUT2D eigenvalue weighted by Gasteiger charge is -2.45. The van der Waals surface area contributed by atoms with Crippen molar-refractivity contribution in [3.05, 3.63) is 29.8 Å². The fourth-order valence-corrected chi connectivity index (χ4v) is 2.31. The highest BCUT2D eigenvalue weighted by Gasteiger charge is 2.51. The molecule has 1 N–H and O–H groups in total. The van der Waals surface area contributed by atoms with Gasteiger partial charge >= 0.3 is 5.97 Å². The number of nitrogens with one attached hydrogen (secondary N) is 1. The summed E-state index contributed by atoms with van der Waals surface area (Å²) in [7, 11) is 3.08. The van der Waals surface area contributed by atoms with Crippen LogP contribution >= 0.6 is 0 Å². The van der Waals surface area contributed by atoms with Crippen LogP contribution < -0.4 is 5.32 Å². The zero-order valence-corrected chi connectivity index (χ0v) is 11.0. The van der Waals surface area contributed by atoms with Gasteiger partial charge in [-0.3, -0.25) is 0 Å². The molecule has 2 rings (SSSR count). The summed E-state index contributed by atoms with van der Waals surface area (Å²) < 4.78 is 10.1. The molecule has 0 spiro atoms. The highest BCUT2D eigenvalue weighted by Crippen LogP contribution is 2.38. The first kappa shape index (κ1) is 12.9. The molecule has 0 atom stereocenters. The molecule has 1 fully saturated rings. The van der Waals surface area contributed by atoms with Crippen molar-refractivity contribution < 1.29 is 14.3 Å². The maximum atomic E-state index is 11.9. The highest BCUT2D eigenvalue weighted by atomic mass is 16.5. The Labute approximate surface area is 107 Å². The van der Waals surface area contributed by atoms with Crippen molar-refractivity contribution in [2.45, 2.75) is 31.4 Å². The van der Waals surface area contributed by atoms with E-state index >= 15 is 0 Å². The van der Waals surface area contributed by atoms with Gasteiger partial charge in [-0.25, -0.2) is 4.79 Å². The third-order valence-corrected chi connectivity index (χ3v) is 3.50. The van der Waals surface area contributed by atoms with Gasteiger partial charge in [-0.05, 0) is 19.1 Å². The lowest BCUT2D eigenvalue weighted by Crippen LogP contribution is -2.59. The second-order valence-electron chi connectivity index (χ2n) is 4.83. The van der Waals surface area contributed by atoms with E-state index in [-0.39, 0.29) is 12.1 Å². The number of carbonyl (C=O) groups is 1. The fraction of sp³-hybridized carbons (Fsp3) is 0.500. The molecule has 0 aromatic heterocycles. The SMILES string of the molecule is COC(=O)C1(Nc2ccc(C)cc2)CC(OC)C1. The smallest absolute Gasteiger partial charge is 0.331 e. The van der Waals surface area contributed by atoms with Gasteiger partial charge in [-0.15, -0.1) is 0 Å². The van der Waals surface area contributed by atoms with Crippen LogP contribution in [0.5, 0.6) is 0 Å². The van der Waals surface area contributed by atoms with Crippen molar-refractivity contribution in [2.24, 2.45) is 0 Å². The summed E-state index contributed by atoms with van der Waals surface area (Å²) in [4.78, 5) is 11.9. The number of anilines is 1. The molecule has 4 nitrogen and oxygen atoms in total. The zero-order valence-electron chi connectivity index (χ0n) is 11.0. The molecule has 1 aliphatic rings. The largest absolute Gasteiger partial charge is 0.467 e. The van der Waals surface area contributed by atoms with E-state index in [0.717, 1.165) is 5.69 Å². The number of hydrogen-bond donors (Lipinski definition) is 1. The molecule has 0 heterocycles. The van der Waals surface area contributed by atoms with Crippen molar-refractivity contribution in [1.29, 1.82) is 0 Å². The topological polar surface area (TPSA) is 47.6 Å². The van der Waals surface area contributed by atoms with Crippen LogP contribution in [0.25, 0.3) is 0 Å². The average Bonchev–Trinajstić information content (AvgIpc) is 2.34. The van der Waals surface area contributed by atoms with Crippen molar-refractivity contribution in [1.82, 2.24) is 0 Å². The first-order chi connectivity index (χ1) is 8.59. The minimum atomic E-state index is -0.634. The minimum Gasteiger partial charge on any atom is -0.467 e. The van der Waals surface area contributed by atoms with E-state index in [0.29, 0.717) is 12.8 Å². The van der Waals surface area contributed by atoms with Crippen molar-refractivity contribution in [3.8, 4) is 0 Å². The van der Waals surface area contributed by atoms with Crippen molar-refractivity contribution >= 4 is 11.7 Å². The van der Waals surface area contributed by atoms with Gasteiger partial charge in [0.1, 0.15) is 5.54 Å². The molecule has 0 bridgehead atoms. The van der Waals surface area contributed by atoms with Crippen LogP contribution in [0.4, 0.5) is 5.69 Å². The van der Waals surface area contributed by atoms with Crippen LogP contribution in [0.3, 0.4) is 0 Å². The molecule has 18 heavy (non-hydrogen) atoms. The molecule has 0 radical (unpaired) electrons. The molecule has 0 saturated heterocycles. The van der Waals surface area contributed by atoms with Crippen LogP contribution in [-0.4, -0.2) is 31.8 Å². The number of ether oxygens (including phenoxy) is 2. The van der Waals surface area contributed by atoms with Gasteiger partial charge in [0.25, 0.3) is 0 Å². The van der Waals surface area contributed by atoms with Gasteiger partial charge in [-0.1, -0.05) is 17.7 Å². The van der Waals surface area contributed by atoms with Gasteiger partial charge in [0.15, 0.2) is 0 Å². The maximum Gasteiger partial charge on any atom is 0.331 e. The normalized spacial score (nSPS) is 26.3. The van der Waals surface area contributed by atoms with Gasteiger partial charge in [0.2, 0.25) is 0 Å². The Balaban J connectivity index is 2.12.